The zero-order chi connectivity index (χ0) is 11.5. The molecule has 2 aromatic heterocycles. The van der Waals surface area contributed by atoms with Crippen LogP contribution in [0.25, 0.3) is 0 Å². The molecule has 0 atom stereocenters. The molecule has 5 nitrogen and oxygen atoms in total. The van der Waals surface area contributed by atoms with Gasteiger partial charge in [0.2, 0.25) is 0 Å². The van der Waals surface area contributed by atoms with Crippen molar-refractivity contribution in [3.63, 3.8) is 0 Å². The minimum absolute atomic E-state index is 0.116. The van der Waals surface area contributed by atoms with Gasteiger partial charge in [-0.15, -0.1) is 0 Å². The van der Waals surface area contributed by atoms with Gasteiger partial charge in [0.05, 0.1) is 18.5 Å². The van der Waals surface area contributed by atoms with Crippen LogP contribution in [0, 0.1) is 0 Å². The van der Waals surface area contributed by atoms with Gasteiger partial charge in [-0.1, -0.05) is 0 Å². The fraction of sp³-hybridized carbons (Fsp3) is 0.0909. The predicted molar refractivity (Wildman–Crippen MR) is 54.6 cm³/mol. The van der Waals surface area contributed by atoms with Crippen molar-refractivity contribution in [2.24, 2.45) is 0 Å². The number of aldehydes is 1. The van der Waals surface area contributed by atoms with Crippen molar-refractivity contribution in [3.8, 4) is 0 Å². The summed E-state index contributed by atoms with van der Waals surface area (Å²) >= 11 is 0. The third kappa shape index (κ3) is 1.75. The predicted octanol–water partition coefficient (Wildman–Crippen LogP) is 1.64. The van der Waals surface area contributed by atoms with Gasteiger partial charge in [-0.05, 0) is 18.2 Å². The molecule has 0 saturated carbocycles. The summed E-state index contributed by atoms with van der Waals surface area (Å²) < 4.78 is 6.70. The topological polar surface area (TPSA) is 72.4 Å². The Balaban J connectivity index is 2.30. The molecule has 0 aliphatic carbocycles. The Labute approximate surface area is 90.9 Å². The van der Waals surface area contributed by atoms with E-state index >= 15 is 0 Å². The molecule has 0 bridgehead atoms. The lowest BCUT2D eigenvalue weighted by Crippen LogP contribution is -2.06. The smallest absolute Gasteiger partial charge is 0.339 e. The van der Waals surface area contributed by atoms with Gasteiger partial charge in [0.25, 0.3) is 0 Å². The van der Waals surface area contributed by atoms with E-state index in [0.717, 1.165) is 0 Å². The van der Waals surface area contributed by atoms with Crippen LogP contribution in [0.15, 0.2) is 35.1 Å². The average molecular weight is 219 g/mol. The van der Waals surface area contributed by atoms with Crippen LogP contribution in [0.5, 0.6) is 0 Å². The zero-order valence-electron chi connectivity index (χ0n) is 8.29. The largest absolute Gasteiger partial charge is 0.478 e. The summed E-state index contributed by atoms with van der Waals surface area (Å²) in [5.41, 5.74) is 0.596. The van der Waals surface area contributed by atoms with Gasteiger partial charge in [-0.25, -0.2) is 4.79 Å². The minimum Gasteiger partial charge on any atom is -0.478 e. The van der Waals surface area contributed by atoms with Crippen molar-refractivity contribution in [1.29, 1.82) is 0 Å². The highest BCUT2D eigenvalue weighted by molar-refractivity contribution is 5.88. The molecular formula is C11H9NO4. The number of aromatic nitrogens is 1. The summed E-state index contributed by atoms with van der Waals surface area (Å²) in [6, 6.07) is 4.76. The molecule has 5 heteroatoms. The molecule has 16 heavy (non-hydrogen) atoms. The lowest BCUT2D eigenvalue weighted by molar-refractivity contribution is 0.0694. The Morgan fingerprint density at radius 1 is 1.50 bits per heavy atom. The van der Waals surface area contributed by atoms with Crippen molar-refractivity contribution >= 4 is 12.3 Å². The molecule has 0 aromatic carbocycles. The van der Waals surface area contributed by atoms with Gasteiger partial charge < -0.3 is 14.1 Å². The van der Waals surface area contributed by atoms with E-state index in [1.165, 1.54) is 12.3 Å². The standard InChI is InChI=1S/C11H9NO4/c13-7-8-2-1-4-12(8)6-10-9(11(14)15)3-5-16-10/h1-5,7H,6H2,(H,14,15). The number of aromatic carboxylic acids is 1. The average Bonchev–Trinajstić information content (AvgIpc) is 2.86. The Morgan fingerprint density at radius 3 is 3.00 bits per heavy atom. The van der Waals surface area contributed by atoms with Crippen molar-refractivity contribution in [2.75, 3.05) is 0 Å². The maximum absolute atomic E-state index is 10.8. The van der Waals surface area contributed by atoms with Crippen molar-refractivity contribution < 1.29 is 19.1 Å². The van der Waals surface area contributed by atoms with Crippen LogP contribution < -0.4 is 0 Å². The Morgan fingerprint density at radius 2 is 2.31 bits per heavy atom. The number of carboxylic acids is 1. The quantitative estimate of drug-likeness (QED) is 0.793. The number of hydrogen-bond donors (Lipinski definition) is 1. The maximum Gasteiger partial charge on any atom is 0.339 e. The molecule has 0 unspecified atom stereocenters. The summed E-state index contributed by atoms with van der Waals surface area (Å²) in [5, 5.41) is 8.87. The molecule has 2 aromatic rings. The highest BCUT2D eigenvalue weighted by Gasteiger charge is 2.14. The van der Waals surface area contributed by atoms with Crippen LogP contribution in [0.1, 0.15) is 26.6 Å². The summed E-state index contributed by atoms with van der Waals surface area (Å²) in [7, 11) is 0. The fourth-order valence-corrected chi connectivity index (χ4v) is 1.49. The molecule has 0 radical (unpaired) electrons. The molecule has 0 spiro atoms. The molecule has 0 aliphatic heterocycles. The normalized spacial score (nSPS) is 10.2. The second kappa shape index (κ2) is 4.06. The minimum atomic E-state index is -1.04. The lowest BCUT2D eigenvalue weighted by Gasteiger charge is -2.03. The molecule has 1 N–H and O–H groups in total. The molecule has 82 valence electrons. The number of hydrogen-bond acceptors (Lipinski definition) is 3. The summed E-state index contributed by atoms with van der Waals surface area (Å²) in [6.07, 6.45) is 3.73. The van der Waals surface area contributed by atoms with E-state index in [1.54, 1.807) is 22.9 Å². The van der Waals surface area contributed by atoms with E-state index in [2.05, 4.69) is 0 Å². The second-order valence-corrected chi connectivity index (χ2v) is 3.24. The van der Waals surface area contributed by atoms with E-state index in [-0.39, 0.29) is 12.1 Å². The summed E-state index contributed by atoms with van der Waals surface area (Å²) in [6.45, 7) is 0.232. The van der Waals surface area contributed by atoms with Gasteiger partial charge >= 0.3 is 5.97 Å². The molecule has 2 rings (SSSR count). The van der Waals surface area contributed by atoms with Crippen LogP contribution in [0.3, 0.4) is 0 Å². The third-order valence-corrected chi connectivity index (χ3v) is 2.28. The number of carbonyl (C=O) groups is 2. The van der Waals surface area contributed by atoms with Crippen LogP contribution in [-0.2, 0) is 6.54 Å². The number of carbonyl (C=O) groups excluding carboxylic acids is 1. The van der Waals surface area contributed by atoms with Crippen LogP contribution >= 0.6 is 0 Å². The van der Waals surface area contributed by atoms with Crippen LogP contribution in [0.4, 0.5) is 0 Å². The molecule has 0 saturated heterocycles. The first-order valence-corrected chi connectivity index (χ1v) is 4.62. The number of carboxylic acid groups (broad SMARTS) is 1. The molecule has 0 aliphatic rings. The van der Waals surface area contributed by atoms with Crippen molar-refractivity contribution in [1.82, 2.24) is 4.57 Å². The second-order valence-electron chi connectivity index (χ2n) is 3.24. The number of rotatable bonds is 4. The van der Waals surface area contributed by atoms with Gasteiger partial charge in [0, 0.05) is 6.20 Å². The monoisotopic (exact) mass is 219 g/mol. The fourth-order valence-electron chi connectivity index (χ4n) is 1.49. The lowest BCUT2D eigenvalue weighted by atomic mass is 10.2. The maximum atomic E-state index is 10.8. The van der Waals surface area contributed by atoms with Gasteiger partial charge in [0.15, 0.2) is 6.29 Å². The first-order chi connectivity index (χ1) is 7.72. The third-order valence-electron chi connectivity index (χ3n) is 2.28. The van der Waals surface area contributed by atoms with Crippen molar-refractivity contribution in [2.45, 2.75) is 6.54 Å². The number of furan rings is 1. The first-order valence-electron chi connectivity index (χ1n) is 4.62. The van der Waals surface area contributed by atoms with E-state index < -0.39 is 5.97 Å². The summed E-state index contributed by atoms with van der Waals surface area (Å²) in [5.74, 6) is -0.713. The van der Waals surface area contributed by atoms with E-state index in [4.69, 9.17) is 9.52 Å². The molecule has 0 fully saturated rings. The SMILES string of the molecule is O=Cc1cccn1Cc1occc1C(=O)O. The van der Waals surface area contributed by atoms with Crippen molar-refractivity contribution in [3.05, 3.63) is 47.7 Å². The first kappa shape index (κ1) is 10.2. The van der Waals surface area contributed by atoms with Gasteiger partial charge in [-0.2, -0.15) is 0 Å². The van der Waals surface area contributed by atoms with Gasteiger partial charge in [0.1, 0.15) is 11.3 Å². The van der Waals surface area contributed by atoms with Crippen LogP contribution in [-0.4, -0.2) is 21.9 Å². The Bertz CT molecular complexity index is 524. The molecular weight excluding hydrogens is 210 g/mol. The molecule has 0 amide bonds. The molecule has 2 heterocycles. The summed E-state index contributed by atoms with van der Waals surface area (Å²) in [4.78, 5) is 21.5. The highest BCUT2D eigenvalue weighted by atomic mass is 16.4. The zero-order valence-corrected chi connectivity index (χ0v) is 8.29. The Kier molecular flexibility index (Phi) is 2.59. The van der Waals surface area contributed by atoms with E-state index in [9.17, 15) is 9.59 Å². The van der Waals surface area contributed by atoms with E-state index in [1.807, 2.05) is 0 Å². The number of nitrogens with zero attached hydrogens (tertiary/aromatic N) is 1. The Hall–Kier alpha value is -2.30. The van der Waals surface area contributed by atoms with Gasteiger partial charge in [-0.3, -0.25) is 4.79 Å². The van der Waals surface area contributed by atoms with Crippen LogP contribution in [0.2, 0.25) is 0 Å². The van der Waals surface area contributed by atoms with E-state index in [0.29, 0.717) is 17.7 Å². The highest BCUT2D eigenvalue weighted by Crippen LogP contribution is 2.13.